The molecule has 0 radical (unpaired) electrons. The van der Waals surface area contributed by atoms with Crippen molar-refractivity contribution in [3.63, 3.8) is 0 Å². The van der Waals surface area contributed by atoms with E-state index in [1.165, 1.54) is 0 Å². The van der Waals surface area contributed by atoms with Crippen LogP contribution in [0, 0.1) is 0 Å². The lowest BCUT2D eigenvalue weighted by atomic mass is 10.0. The number of aldehydes is 1. The van der Waals surface area contributed by atoms with E-state index in [1.54, 1.807) is 12.3 Å². The molecule has 0 aliphatic carbocycles. The van der Waals surface area contributed by atoms with Gasteiger partial charge in [0.25, 0.3) is 0 Å². The molecule has 0 atom stereocenters. The molecule has 0 fully saturated rings. The van der Waals surface area contributed by atoms with Gasteiger partial charge in [0.1, 0.15) is 5.69 Å². The summed E-state index contributed by atoms with van der Waals surface area (Å²) in [6.45, 7) is 0. The fourth-order valence-electron chi connectivity index (χ4n) is 2.21. The van der Waals surface area contributed by atoms with Gasteiger partial charge >= 0.3 is 0 Å². The van der Waals surface area contributed by atoms with Crippen LogP contribution >= 0.6 is 0 Å². The molecule has 1 N–H and O–H groups in total. The molecule has 0 unspecified atom stereocenters. The molecule has 1 heterocycles. The summed E-state index contributed by atoms with van der Waals surface area (Å²) in [5, 5.41) is 5.42. The van der Waals surface area contributed by atoms with Gasteiger partial charge < -0.3 is 5.32 Å². The Morgan fingerprint density at radius 1 is 1.15 bits per heavy atom. The first-order chi connectivity index (χ1) is 9.81. The molecule has 20 heavy (non-hydrogen) atoms. The van der Waals surface area contributed by atoms with Gasteiger partial charge in [0.2, 0.25) is 0 Å². The van der Waals surface area contributed by atoms with Crippen molar-refractivity contribution >= 4 is 22.7 Å². The maximum absolute atomic E-state index is 10.8. The summed E-state index contributed by atoms with van der Waals surface area (Å²) in [4.78, 5) is 19.3. The molecule has 0 aliphatic rings. The minimum Gasteiger partial charge on any atom is -0.388 e. The summed E-state index contributed by atoms with van der Waals surface area (Å²) in [5.41, 5.74) is 2.33. The Bertz CT molecular complexity index is 784. The molecule has 1 aromatic heterocycles. The summed E-state index contributed by atoms with van der Waals surface area (Å²) in [7, 11) is 1.89. The predicted octanol–water partition coefficient (Wildman–Crippen LogP) is 3.15. The van der Waals surface area contributed by atoms with E-state index in [0.717, 1.165) is 28.3 Å². The molecule has 3 rings (SSSR count). The van der Waals surface area contributed by atoms with Crippen LogP contribution < -0.4 is 5.32 Å². The highest BCUT2D eigenvalue weighted by atomic mass is 16.1. The molecular formula is C16H13N3O. The van der Waals surface area contributed by atoms with Gasteiger partial charge in [0.05, 0.1) is 0 Å². The highest BCUT2D eigenvalue weighted by molar-refractivity contribution is 5.96. The number of benzene rings is 2. The van der Waals surface area contributed by atoms with Crippen LogP contribution in [-0.4, -0.2) is 23.3 Å². The van der Waals surface area contributed by atoms with Crippen molar-refractivity contribution in [3.05, 3.63) is 54.4 Å². The molecule has 3 aromatic rings. The van der Waals surface area contributed by atoms with Crippen molar-refractivity contribution in [3.8, 4) is 11.4 Å². The van der Waals surface area contributed by atoms with E-state index in [0.29, 0.717) is 11.5 Å². The zero-order valence-electron chi connectivity index (χ0n) is 11.0. The number of aromatic nitrogens is 2. The lowest BCUT2D eigenvalue weighted by Crippen LogP contribution is -1.94. The van der Waals surface area contributed by atoms with E-state index in [1.807, 2.05) is 37.4 Å². The summed E-state index contributed by atoms with van der Waals surface area (Å²) in [6, 6.07) is 13.7. The lowest BCUT2D eigenvalue weighted by molar-refractivity contribution is 0.111. The van der Waals surface area contributed by atoms with E-state index in [4.69, 9.17) is 0 Å². The smallest absolute Gasteiger partial charge is 0.168 e. The molecule has 0 saturated heterocycles. The van der Waals surface area contributed by atoms with E-state index in [9.17, 15) is 4.79 Å². The Morgan fingerprint density at radius 2 is 2.05 bits per heavy atom. The largest absolute Gasteiger partial charge is 0.388 e. The second kappa shape index (κ2) is 5.09. The highest BCUT2D eigenvalue weighted by Gasteiger charge is 2.05. The predicted molar refractivity (Wildman–Crippen MR) is 79.9 cm³/mol. The van der Waals surface area contributed by atoms with Crippen molar-refractivity contribution < 1.29 is 4.79 Å². The van der Waals surface area contributed by atoms with Crippen LogP contribution in [-0.2, 0) is 0 Å². The monoisotopic (exact) mass is 263 g/mol. The van der Waals surface area contributed by atoms with Crippen molar-refractivity contribution in [2.75, 3.05) is 12.4 Å². The van der Waals surface area contributed by atoms with Crippen LogP contribution in [0.5, 0.6) is 0 Å². The zero-order chi connectivity index (χ0) is 13.9. The molecule has 4 heteroatoms. The van der Waals surface area contributed by atoms with Gasteiger partial charge in [-0.2, -0.15) is 0 Å². The number of carbonyl (C=O) groups is 1. The molecular weight excluding hydrogens is 250 g/mol. The first-order valence-electron chi connectivity index (χ1n) is 6.31. The first kappa shape index (κ1) is 12.3. The quantitative estimate of drug-likeness (QED) is 0.737. The van der Waals surface area contributed by atoms with E-state index >= 15 is 0 Å². The van der Waals surface area contributed by atoms with Crippen LogP contribution in [0.4, 0.5) is 5.69 Å². The van der Waals surface area contributed by atoms with Crippen molar-refractivity contribution in [1.29, 1.82) is 0 Å². The Balaban J connectivity index is 2.19. The fraction of sp³-hybridized carbons (Fsp3) is 0.0625. The summed E-state index contributed by atoms with van der Waals surface area (Å²) < 4.78 is 0. The van der Waals surface area contributed by atoms with Gasteiger partial charge in [-0.15, -0.1) is 0 Å². The third kappa shape index (κ3) is 2.12. The van der Waals surface area contributed by atoms with Crippen molar-refractivity contribution in [2.45, 2.75) is 0 Å². The number of hydrogen-bond acceptors (Lipinski definition) is 4. The lowest BCUT2D eigenvalue weighted by Gasteiger charge is -2.08. The summed E-state index contributed by atoms with van der Waals surface area (Å²) in [6.07, 6.45) is 2.32. The molecule has 0 bridgehead atoms. The maximum atomic E-state index is 10.8. The average molecular weight is 263 g/mol. The molecule has 2 aromatic carbocycles. The van der Waals surface area contributed by atoms with Crippen molar-refractivity contribution in [2.24, 2.45) is 0 Å². The second-order valence-electron chi connectivity index (χ2n) is 4.41. The molecule has 98 valence electrons. The standard InChI is InChI=1S/C16H13N3O/c1-17-15-4-2-3-11-5-6-12(9-14(11)15)16-18-8-7-13(10-20)19-16/h2-10,17H,1H3. The minimum absolute atomic E-state index is 0.386. The fourth-order valence-corrected chi connectivity index (χ4v) is 2.21. The van der Waals surface area contributed by atoms with Gasteiger partial charge in [-0.1, -0.05) is 24.3 Å². The molecule has 4 nitrogen and oxygen atoms in total. The van der Waals surface area contributed by atoms with Crippen LogP contribution in [0.3, 0.4) is 0 Å². The number of anilines is 1. The Kier molecular flexibility index (Phi) is 3.13. The number of nitrogens with zero attached hydrogens (tertiary/aromatic N) is 2. The van der Waals surface area contributed by atoms with Gasteiger partial charge in [0.15, 0.2) is 12.1 Å². The first-order valence-corrected chi connectivity index (χ1v) is 6.31. The normalized spacial score (nSPS) is 10.4. The third-order valence-corrected chi connectivity index (χ3v) is 3.21. The van der Waals surface area contributed by atoms with Crippen LogP contribution in [0.15, 0.2) is 48.7 Å². The van der Waals surface area contributed by atoms with Crippen LogP contribution in [0.2, 0.25) is 0 Å². The number of nitrogens with one attached hydrogen (secondary N) is 1. The topological polar surface area (TPSA) is 54.9 Å². The SMILES string of the molecule is CNc1cccc2ccc(-c3nccc(C=O)n3)cc12. The van der Waals surface area contributed by atoms with Crippen molar-refractivity contribution in [1.82, 2.24) is 9.97 Å². The van der Waals surface area contributed by atoms with E-state index in [-0.39, 0.29) is 0 Å². The molecule has 0 spiro atoms. The van der Waals surface area contributed by atoms with Gasteiger partial charge in [-0.25, -0.2) is 9.97 Å². The third-order valence-electron chi connectivity index (χ3n) is 3.21. The second-order valence-corrected chi connectivity index (χ2v) is 4.41. The average Bonchev–Trinajstić information content (AvgIpc) is 2.53. The highest BCUT2D eigenvalue weighted by Crippen LogP contribution is 2.27. The van der Waals surface area contributed by atoms with E-state index in [2.05, 4.69) is 21.4 Å². The molecule has 0 aliphatic heterocycles. The number of fused-ring (bicyclic) bond motifs is 1. The molecule has 0 saturated carbocycles. The molecule has 0 amide bonds. The number of hydrogen-bond donors (Lipinski definition) is 1. The Hall–Kier alpha value is -2.75. The number of rotatable bonds is 3. The summed E-state index contributed by atoms with van der Waals surface area (Å²) >= 11 is 0. The van der Waals surface area contributed by atoms with Crippen LogP contribution in [0.25, 0.3) is 22.2 Å². The van der Waals surface area contributed by atoms with Gasteiger partial charge in [-0.05, 0) is 23.6 Å². The van der Waals surface area contributed by atoms with Gasteiger partial charge in [-0.3, -0.25) is 4.79 Å². The Morgan fingerprint density at radius 3 is 2.85 bits per heavy atom. The minimum atomic E-state index is 0.386. The maximum Gasteiger partial charge on any atom is 0.168 e. The number of carbonyl (C=O) groups excluding carboxylic acids is 1. The van der Waals surface area contributed by atoms with E-state index < -0.39 is 0 Å². The summed E-state index contributed by atoms with van der Waals surface area (Å²) in [5.74, 6) is 0.558. The van der Waals surface area contributed by atoms with Crippen LogP contribution in [0.1, 0.15) is 10.5 Å². The Labute approximate surface area is 116 Å². The van der Waals surface area contributed by atoms with Gasteiger partial charge in [0, 0.05) is 29.9 Å². The zero-order valence-corrected chi connectivity index (χ0v) is 11.0.